The summed E-state index contributed by atoms with van der Waals surface area (Å²) in [6, 6.07) is 12.8. The number of para-hydroxylation sites is 1. The Hall–Kier alpha value is -2.20. The summed E-state index contributed by atoms with van der Waals surface area (Å²) in [5.74, 6) is 1.40. The van der Waals surface area contributed by atoms with Crippen LogP contribution in [0.5, 0.6) is 11.5 Å². The van der Waals surface area contributed by atoms with E-state index in [0.29, 0.717) is 24.5 Å². The van der Waals surface area contributed by atoms with E-state index in [2.05, 4.69) is 5.16 Å². The Morgan fingerprint density at radius 1 is 1.14 bits per heavy atom. The van der Waals surface area contributed by atoms with Crippen LogP contribution >= 0.6 is 11.6 Å². The van der Waals surface area contributed by atoms with Crippen molar-refractivity contribution in [3.05, 3.63) is 58.6 Å². The fourth-order valence-electron chi connectivity index (χ4n) is 1.80. The highest BCUT2D eigenvalue weighted by Crippen LogP contribution is 2.21. The molecule has 0 spiro atoms. The first-order valence-electron chi connectivity index (χ1n) is 6.49. The molecule has 21 heavy (non-hydrogen) atoms. The van der Waals surface area contributed by atoms with E-state index in [-0.39, 0.29) is 0 Å². The van der Waals surface area contributed by atoms with Gasteiger partial charge in [0.2, 0.25) is 0 Å². The van der Waals surface area contributed by atoms with E-state index < -0.39 is 0 Å². The van der Waals surface area contributed by atoms with Gasteiger partial charge in [-0.15, -0.1) is 0 Å². The summed E-state index contributed by atoms with van der Waals surface area (Å²) in [5.41, 5.74) is 1.68. The Bertz CT molecular complexity index is 629. The third-order valence-electron chi connectivity index (χ3n) is 2.85. The van der Waals surface area contributed by atoms with Crippen LogP contribution in [-0.4, -0.2) is 24.6 Å². The van der Waals surface area contributed by atoms with Crippen LogP contribution < -0.4 is 9.47 Å². The molecule has 0 atom stereocenters. The van der Waals surface area contributed by atoms with Crippen LogP contribution in [0.1, 0.15) is 11.1 Å². The average Bonchev–Trinajstić information content (AvgIpc) is 2.49. The summed E-state index contributed by atoms with van der Waals surface area (Å²) in [7, 11) is 0. The quantitative estimate of drug-likeness (QED) is 0.381. The van der Waals surface area contributed by atoms with Gasteiger partial charge in [-0.1, -0.05) is 28.9 Å². The third-order valence-corrected chi connectivity index (χ3v) is 3.28. The molecule has 0 amide bonds. The smallest absolute Gasteiger partial charge is 0.128 e. The number of aryl methyl sites for hydroxylation is 1. The van der Waals surface area contributed by atoms with Gasteiger partial charge in [0.1, 0.15) is 24.7 Å². The van der Waals surface area contributed by atoms with Crippen LogP contribution in [0.3, 0.4) is 0 Å². The predicted molar refractivity (Wildman–Crippen MR) is 83.0 cm³/mol. The zero-order valence-corrected chi connectivity index (χ0v) is 12.4. The average molecular weight is 306 g/mol. The van der Waals surface area contributed by atoms with E-state index >= 15 is 0 Å². The normalized spacial score (nSPS) is 10.8. The number of halogens is 1. The maximum absolute atomic E-state index is 8.59. The van der Waals surface area contributed by atoms with Gasteiger partial charge in [0.15, 0.2) is 0 Å². The summed E-state index contributed by atoms with van der Waals surface area (Å²) in [5, 5.41) is 12.3. The molecule has 5 heteroatoms. The van der Waals surface area contributed by atoms with Gasteiger partial charge in [-0.2, -0.15) is 0 Å². The van der Waals surface area contributed by atoms with Crippen LogP contribution in [0, 0.1) is 6.92 Å². The number of benzene rings is 2. The zero-order chi connectivity index (χ0) is 15.1. The molecule has 0 aliphatic carbocycles. The van der Waals surface area contributed by atoms with Crippen molar-refractivity contribution in [2.45, 2.75) is 6.92 Å². The molecule has 0 heterocycles. The Balaban J connectivity index is 1.86. The number of ether oxygens (including phenoxy) is 2. The van der Waals surface area contributed by atoms with Crippen molar-refractivity contribution in [2.24, 2.45) is 5.16 Å². The maximum Gasteiger partial charge on any atom is 0.128 e. The number of hydrogen-bond acceptors (Lipinski definition) is 4. The molecule has 0 aromatic heterocycles. The van der Waals surface area contributed by atoms with Gasteiger partial charge in [-0.05, 0) is 42.8 Å². The first kappa shape index (κ1) is 15.2. The van der Waals surface area contributed by atoms with E-state index in [1.54, 1.807) is 12.1 Å². The summed E-state index contributed by atoms with van der Waals surface area (Å²) < 4.78 is 11.2. The van der Waals surface area contributed by atoms with E-state index in [1.165, 1.54) is 6.21 Å². The van der Waals surface area contributed by atoms with Crippen molar-refractivity contribution in [3.8, 4) is 11.5 Å². The summed E-state index contributed by atoms with van der Waals surface area (Å²) in [6.45, 7) is 2.72. The SMILES string of the molecule is Cc1cc(OCCOc2ccccc2C=NO)ccc1Cl. The number of oxime groups is 1. The van der Waals surface area contributed by atoms with Gasteiger partial charge >= 0.3 is 0 Å². The monoisotopic (exact) mass is 305 g/mol. The van der Waals surface area contributed by atoms with Gasteiger partial charge in [0.25, 0.3) is 0 Å². The zero-order valence-electron chi connectivity index (χ0n) is 11.6. The standard InChI is InChI=1S/C16H16ClNO3/c1-12-10-14(6-7-15(12)17)20-8-9-21-16-5-3-2-4-13(16)11-18-19/h2-7,10-11,19H,8-9H2,1H3. The lowest BCUT2D eigenvalue weighted by atomic mass is 10.2. The van der Waals surface area contributed by atoms with E-state index in [1.807, 2.05) is 37.3 Å². The second-order valence-electron chi connectivity index (χ2n) is 4.39. The molecular formula is C16H16ClNO3. The van der Waals surface area contributed by atoms with Crippen LogP contribution in [0.25, 0.3) is 0 Å². The van der Waals surface area contributed by atoms with Crippen molar-refractivity contribution in [3.63, 3.8) is 0 Å². The lowest BCUT2D eigenvalue weighted by Crippen LogP contribution is -2.10. The van der Waals surface area contributed by atoms with Crippen molar-refractivity contribution >= 4 is 17.8 Å². The van der Waals surface area contributed by atoms with Crippen molar-refractivity contribution in [2.75, 3.05) is 13.2 Å². The minimum absolute atomic E-state index is 0.387. The van der Waals surface area contributed by atoms with Gasteiger partial charge in [-0.3, -0.25) is 0 Å². The summed E-state index contributed by atoms with van der Waals surface area (Å²) in [6.07, 6.45) is 1.33. The molecule has 0 aliphatic rings. The van der Waals surface area contributed by atoms with E-state index in [0.717, 1.165) is 16.3 Å². The first-order valence-corrected chi connectivity index (χ1v) is 6.86. The van der Waals surface area contributed by atoms with Crippen molar-refractivity contribution < 1.29 is 14.7 Å². The van der Waals surface area contributed by atoms with Gasteiger partial charge in [0, 0.05) is 10.6 Å². The molecule has 2 rings (SSSR count). The lowest BCUT2D eigenvalue weighted by Gasteiger charge is -2.10. The molecule has 2 aromatic carbocycles. The fraction of sp³-hybridized carbons (Fsp3) is 0.188. The highest BCUT2D eigenvalue weighted by atomic mass is 35.5. The Labute approximate surface area is 128 Å². The maximum atomic E-state index is 8.59. The van der Waals surface area contributed by atoms with Gasteiger partial charge in [0.05, 0.1) is 6.21 Å². The van der Waals surface area contributed by atoms with Crippen LogP contribution in [0.4, 0.5) is 0 Å². The topological polar surface area (TPSA) is 51.0 Å². The fourth-order valence-corrected chi connectivity index (χ4v) is 1.92. The number of rotatable bonds is 6. The molecule has 110 valence electrons. The molecule has 4 nitrogen and oxygen atoms in total. The number of nitrogens with zero attached hydrogens (tertiary/aromatic N) is 1. The van der Waals surface area contributed by atoms with Crippen LogP contribution in [0.15, 0.2) is 47.6 Å². The molecule has 0 aliphatic heterocycles. The Morgan fingerprint density at radius 2 is 1.90 bits per heavy atom. The predicted octanol–water partition coefficient (Wildman–Crippen LogP) is 3.91. The highest BCUT2D eigenvalue weighted by molar-refractivity contribution is 6.31. The van der Waals surface area contributed by atoms with Crippen molar-refractivity contribution in [1.82, 2.24) is 0 Å². The summed E-state index contributed by atoms with van der Waals surface area (Å²) in [4.78, 5) is 0. The Kier molecular flexibility index (Phi) is 5.46. The van der Waals surface area contributed by atoms with Crippen LogP contribution in [-0.2, 0) is 0 Å². The van der Waals surface area contributed by atoms with E-state index in [9.17, 15) is 0 Å². The van der Waals surface area contributed by atoms with Crippen molar-refractivity contribution in [1.29, 1.82) is 0 Å². The minimum Gasteiger partial charge on any atom is -0.490 e. The molecule has 0 saturated heterocycles. The largest absolute Gasteiger partial charge is 0.490 e. The molecule has 0 fully saturated rings. The molecule has 0 bridgehead atoms. The number of hydrogen-bond donors (Lipinski definition) is 1. The highest BCUT2D eigenvalue weighted by Gasteiger charge is 2.02. The molecule has 0 radical (unpaired) electrons. The summed E-state index contributed by atoms with van der Waals surface area (Å²) >= 11 is 5.96. The van der Waals surface area contributed by atoms with Gasteiger partial charge in [-0.25, -0.2) is 0 Å². The minimum atomic E-state index is 0.387. The lowest BCUT2D eigenvalue weighted by molar-refractivity contribution is 0.217. The Morgan fingerprint density at radius 3 is 2.67 bits per heavy atom. The molecule has 0 unspecified atom stereocenters. The molecule has 2 aromatic rings. The van der Waals surface area contributed by atoms with Crippen LogP contribution in [0.2, 0.25) is 5.02 Å². The second kappa shape index (κ2) is 7.55. The molecule has 1 N–H and O–H groups in total. The first-order chi connectivity index (χ1) is 10.2. The second-order valence-corrected chi connectivity index (χ2v) is 4.80. The molecule has 0 saturated carbocycles. The van der Waals surface area contributed by atoms with E-state index in [4.69, 9.17) is 26.3 Å². The third kappa shape index (κ3) is 4.39. The van der Waals surface area contributed by atoms with Gasteiger partial charge < -0.3 is 14.7 Å². The molecular weight excluding hydrogens is 290 g/mol.